The fourth-order valence-corrected chi connectivity index (χ4v) is 5.47. The number of benzene rings is 2. The van der Waals surface area contributed by atoms with Gasteiger partial charge in [-0.2, -0.15) is 11.8 Å². The highest BCUT2D eigenvalue weighted by Crippen LogP contribution is 2.30. The van der Waals surface area contributed by atoms with E-state index in [-0.39, 0.29) is 11.8 Å². The van der Waals surface area contributed by atoms with Crippen LogP contribution in [0.25, 0.3) is 10.6 Å². The van der Waals surface area contributed by atoms with Gasteiger partial charge < -0.3 is 10.2 Å². The van der Waals surface area contributed by atoms with E-state index in [2.05, 4.69) is 10.3 Å². The van der Waals surface area contributed by atoms with Gasteiger partial charge in [0.25, 0.3) is 11.8 Å². The van der Waals surface area contributed by atoms with Crippen molar-refractivity contribution in [1.82, 2.24) is 9.88 Å². The van der Waals surface area contributed by atoms with Crippen LogP contribution in [0.4, 0.5) is 5.69 Å². The van der Waals surface area contributed by atoms with E-state index in [1.807, 2.05) is 54.8 Å². The van der Waals surface area contributed by atoms with E-state index >= 15 is 0 Å². The second kappa shape index (κ2) is 9.42. The molecule has 4 rings (SSSR count). The highest BCUT2D eigenvalue weighted by atomic mass is 35.5. The first-order valence-corrected chi connectivity index (χ1v) is 12.3. The molecule has 2 amide bonds. The lowest BCUT2D eigenvalue weighted by Crippen LogP contribution is -2.37. The van der Waals surface area contributed by atoms with Gasteiger partial charge in [0.05, 0.1) is 5.69 Å². The molecule has 0 spiro atoms. The minimum Gasteiger partial charge on any atom is -0.337 e. The van der Waals surface area contributed by atoms with Crippen molar-refractivity contribution in [3.8, 4) is 10.6 Å². The molecule has 3 aromatic rings. The highest BCUT2D eigenvalue weighted by Gasteiger charge is 2.20. The molecule has 1 N–H and O–H groups in total. The van der Waals surface area contributed by atoms with Crippen molar-refractivity contribution in [3.63, 3.8) is 0 Å². The Morgan fingerprint density at radius 3 is 2.58 bits per heavy atom. The van der Waals surface area contributed by atoms with Gasteiger partial charge in [-0.05, 0) is 49.7 Å². The van der Waals surface area contributed by atoms with Crippen LogP contribution in [0.2, 0.25) is 5.02 Å². The van der Waals surface area contributed by atoms with Gasteiger partial charge in [-0.25, -0.2) is 4.98 Å². The molecule has 160 valence electrons. The van der Waals surface area contributed by atoms with Crippen LogP contribution in [-0.4, -0.2) is 46.3 Å². The van der Waals surface area contributed by atoms with E-state index in [1.54, 1.807) is 18.2 Å². The maximum absolute atomic E-state index is 12.9. The number of carbonyl (C=O) groups excluding carboxylic acids is 2. The molecule has 1 fully saturated rings. The molecule has 0 bridgehead atoms. The summed E-state index contributed by atoms with van der Waals surface area (Å²) in [7, 11) is 0. The molecule has 0 radical (unpaired) electrons. The van der Waals surface area contributed by atoms with Crippen molar-refractivity contribution in [2.75, 3.05) is 29.9 Å². The van der Waals surface area contributed by atoms with Gasteiger partial charge in [-0.3, -0.25) is 9.59 Å². The molecular weight excluding hydrogens is 450 g/mol. The fourth-order valence-electron chi connectivity index (χ4n) is 3.42. The lowest BCUT2D eigenvalue weighted by molar-refractivity contribution is 0.0772. The fraction of sp³-hybridized carbons (Fsp3) is 0.261. The third-order valence-corrected chi connectivity index (χ3v) is 7.48. The third-order valence-electron chi connectivity index (χ3n) is 5.09. The highest BCUT2D eigenvalue weighted by molar-refractivity contribution is 7.99. The average Bonchev–Trinajstić information content (AvgIpc) is 3.17. The summed E-state index contributed by atoms with van der Waals surface area (Å²) in [6.45, 7) is 5.28. The Morgan fingerprint density at radius 2 is 1.87 bits per heavy atom. The Balaban J connectivity index is 1.50. The standard InChI is InChI=1S/C23H22ClN3O2S2/c1-14-12-17(23(29)27-8-10-30-11-9-27)6-7-19(14)26-21(28)20-15(2)25-22(31-20)16-4-3-5-18(24)13-16/h3-7,12-13H,8-11H2,1-2H3,(H,26,28). The lowest BCUT2D eigenvalue weighted by Gasteiger charge is -2.26. The number of rotatable bonds is 4. The Bertz CT molecular complexity index is 1140. The number of halogens is 1. The van der Waals surface area contributed by atoms with Crippen LogP contribution < -0.4 is 5.32 Å². The zero-order valence-electron chi connectivity index (χ0n) is 17.3. The number of thioether (sulfide) groups is 1. The molecule has 1 aliphatic heterocycles. The maximum atomic E-state index is 12.9. The number of aryl methyl sites for hydroxylation is 2. The molecule has 0 aliphatic carbocycles. The first-order valence-electron chi connectivity index (χ1n) is 9.95. The van der Waals surface area contributed by atoms with Gasteiger partial charge in [0.2, 0.25) is 0 Å². The van der Waals surface area contributed by atoms with E-state index in [0.29, 0.717) is 26.8 Å². The summed E-state index contributed by atoms with van der Waals surface area (Å²) in [5.74, 6) is 1.79. The summed E-state index contributed by atoms with van der Waals surface area (Å²) in [6, 6.07) is 12.9. The van der Waals surface area contributed by atoms with Crippen LogP contribution in [0.5, 0.6) is 0 Å². The van der Waals surface area contributed by atoms with Crippen molar-refractivity contribution in [2.24, 2.45) is 0 Å². The number of nitrogens with one attached hydrogen (secondary N) is 1. The third kappa shape index (κ3) is 4.95. The summed E-state index contributed by atoms with van der Waals surface area (Å²) in [4.78, 5) is 32.6. The molecular formula is C23H22ClN3O2S2. The van der Waals surface area contributed by atoms with Crippen LogP contribution in [0, 0.1) is 13.8 Å². The van der Waals surface area contributed by atoms with Gasteiger partial charge in [0.1, 0.15) is 9.88 Å². The van der Waals surface area contributed by atoms with E-state index in [4.69, 9.17) is 11.6 Å². The number of hydrogen-bond donors (Lipinski definition) is 1. The zero-order valence-corrected chi connectivity index (χ0v) is 19.7. The molecule has 1 saturated heterocycles. The summed E-state index contributed by atoms with van der Waals surface area (Å²) < 4.78 is 0. The van der Waals surface area contributed by atoms with Crippen molar-refractivity contribution < 1.29 is 9.59 Å². The van der Waals surface area contributed by atoms with E-state index < -0.39 is 0 Å². The number of carbonyl (C=O) groups is 2. The predicted molar refractivity (Wildman–Crippen MR) is 130 cm³/mol. The molecule has 1 aliphatic rings. The largest absolute Gasteiger partial charge is 0.337 e. The Hall–Kier alpha value is -2.35. The lowest BCUT2D eigenvalue weighted by atomic mass is 10.1. The Labute approximate surface area is 194 Å². The second-order valence-corrected chi connectivity index (χ2v) is 9.99. The average molecular weight is 472 g/mol. The maximum Gasteiger partial charge on any atom is 0.267 e. The van der Waals surface area contributed by atoms with Crippen LogP contribution in [0.15, 0.2) is 42.5 Å². The van der Waals surface area contributed by atoms with Crippen LogP contribution in [-0.2, 0) is 0 Å². The Morgan fingerprint density at radius 1 is 1.10 bits per heavy atom. The van der Waals surface area contributed by atoms with Crippen molar-refractivity contribution in [2.45, 2.75) is 13.8 Å². The minimum absolute atomic E-state index is 0.0470. The molecule has 0 atom stereocenters. The normalized spacial score (nSPS) is 13.8. The SMILES string of the molecule is Cc1cc(C(=O)N2CCSCC2)ccc1NC(=O)c1sc(-c2cccc(Cl)c2)nc1C. The smallest absolute Gasteiger partial charge is 0.267 e. The number of aromatic nitrogens is 1. The molecule has 5 nitrogen and oxygen atoms in total. The molecule has 8 heteroatoms. The molecule has 1 aromatic heterocycles. The van der Waals surface area contributed by atoms with Crippen LogP contribution in [0.3, 0.4) is 0 Å². The van der Waals surface area contributed by atoms with Gasteiger partial charge in [0.15, 0.2) is 0 Å². The first-order chi connectivity index (χ1) is 14.9. The van der Waals surface area contributed by atoms with Crippen LogP contribution in [0.1, 0.15) is 31.3 Å². The predicted octanol–water partition coefficient (Wildman–Crippen LogP) is 5.52. The van der Waals surface area contributed by atoms with E-state index in [9.17, 15) is 9.59 Å². The van der Waals surface area contributed by atoms with Gasteiger partial charge in [-0.1, -0.05) is 23.7 Å². The van der Waals surface area contributed by atoms with Gasteiger partial charge in [-0.15, -0.1) is 11.3 Å². The summed E-state index contributed by atoms with van der Waals surface area (Å²) >= 11 is 9.29. The van der Waals surface area contributed by atoms with E-state index in [1.165, 1.54) is 11.3 Å². The molecule has 2 aromatic carbocycles. The number of amides is 2. The molecule has 0 saturated carbocycles. The minimum atomic E-state index is -0.210. The number of nitrogens with zero attached hydrogens (tertiary/aromatic N) is 2. The van der Waals surface area contributed by atoms with Gasteiger partial charge >= 0.3 is 0 Å². The zero-order chi connectivity index (χ0) is 22.0. The Kier molecular flexibility index (Phi) is 6.65. The van der Waals surface area contributed by atoms with Crippen molar-refractivity contribution in [1.29, 1.82) is 0 Å². The van der Waals surface area contributed by atoms with E-state index in [0.717, 1.165) is 40.7 Å². The number of thiazole rings is 1. The quantitative estimate of drug-likeness (QED) is 0.544. The van der Waals surface area contributed by atoms with Crippen molar-refractivity contribution in [3.05, 3.63) is 69.2 Å². The second-order valence-electron chi connectivity index (χ2n) is 7.33. The monoisotopic (exact) mass is 471 g/mol. The molecule has 31 heavy (non-hydrogen) atoms. The molecule has 2 heterocycles. The molecule has 0 unspecified atom stereocenters. The summed E-state index contributed by atoms with van der Waals surface area (Å²) in [5, 5.41) is 4.35. The van der Waals surface area contributed by atoms with Crippen LogP contribution >= 0.6 is 34.7 Å². The summed E-state index contributed by atoms with van der Waals surface area (Å²) in [5.41, 5.74) is 3.75. The number of hydrogen-bond acceptors (Lipinski definition) is 5. The van der Waals surface area contributed by atoms with Crippen molar-refractivity contribution >= 4 is 52.2 Å². The first kappa shape index (κ1) is 21.9. The van der Waals surface area contributed by atoms with Gasteiger partial charge in [0, 0.05) is 46.4 Å². The number of anilines is 1. The topological polar surface area (TPSA) is 62.3 Å². The summed E-state index contributed by atoms with van der Waals surface area (Å²) in [6.07, 6.45) is 0.